The second kappa shape index (κ2) is 6.39. The molecule has 0 fully saturated rings. The number of amides is 1. The molecule has 3 aromatic carbocycles. The van der Waals surface area contributed by atoms with Crippen LogP contribution in [0.3, 0.4) is 0 Å². The summed E-state index contributed by atoms with van der Waals surface area (Å²) in [6.07, 6.45) is 0. The van der Waals surface area contributed by atoms with Crippen molar-refractivity contribution in [2.24, 2.45) is 0 Å². The molecule has 0 aliphatic heterocycles. The molecule has 124 valence electrons. The smallest absolute Gasteiger partial charge is 0.256 e. The van der Waals surface area contributed by atoms with Gasteiger partial charge in [0, 0.05) is 31.7 Å². The topological polar surface area (TPSA) is 38.3 Å². The number of carbonyl (C=O) groups is 1. The van der Waals surface area contributed by atoms with E-state index in [9.17, 15) is 4.79 Å². The number of rotatable bonds is 3. The van der Waals surface area contributed by atoms with Gasteiger partial charge in [0.15, 0.2) is 0 Å². The highest BCUT2D eigenvalue weighted by molar-refractivity contribution is 7.26. The van der Waals surface area contributed by atoms with Crippen molar-refractivity contribution in [1.29, 1.82) is 0 Å². The minimum absolute atomic E-state index is 0.154. The molecule has 1 heterocycles. The molecule has 3 nitrogen and oxygen atoms in total. The minimum atomic E-state index is -0.154. The molecule has 0 radical (unpaired) electrons. The molecule has 0 saturated carbocycles. The Kier molecular flexibility index (Phi) is 4.07. The number of thiophene rings is 1. The number of methoxy groups -OCH3 is 1. The van der Waals surface area contributed by atoms with Gasteiger partial charge in [-0.3, -0.25) is 4.79 Å². The highest BCUT2D eigenvalue weighted by Gasteiger charge is 2.18. The van der Waals surface area contributed by atoms with Crippen LogP contribution < -0.4 is 10.1 Å². The second-order valence-corrected chi connectivity index (χ2v) is 7.07. The first-order chi connectivity index (χ1) is 12.2. The molecular formula is C20H14ClNO2S. The molecule has 0 saturated heterocycles. The molecule has 4 aromatic rings. The van der Waals surface area contributed by atoms with Crippen LogP contribution in [0.2, 0.25) is 5.02 Å². The Morgan fingerprint density at radius 2 is 1.80 bits per heavy atom. The third-order valence-electron chi connectivity index (χ3n) is 4.06. The van der Waals surface area contributed by atoms with Gasteiger partial charge in [-0.2, -0.15) is 0 Å². The van der Waals surface area contributed by atoms with E-state index in [2.05, 4.69) is 11.4 Å². The zero-order chi connectivity index (χ0) is 17.4. The minimum Gasteiger partial charge on any atom is -0.495 e. The van der Waals surface area contributed by atoms with Crippen molar-refractivity contribution >= 4 is 54.7 Å². The first-order valence-electron chi connectivity index (χ1n) is 7.72. The number of fused-ring (bicyclic) bond motifs is 3. The van der Waals surface area contributed by atoms with Crippen molar-refractivity contribution in [3.8, 4) is 5.75 Å². The molecule has 0 spiro atoms. The van der Waals surface area contributed by atoms with Gasteiger partial charge in [-0.05, 0) is 42.5 Å². The number of anilines is 1. The van der Waals surface area contributed by atoms with Crippen LogP contribution in [0.4, 0.5) is 5.69 Å². The summed E-state index contributed by atoms with van der Waals surface area (Å²) in [6.45, 7) is 0. The van der Waals surface area contributed by atoms with Gasteiger partial charge in [-0.25, -0.2) is 0 Å². The maximum absolute atomic E-state index is 12.9. The SMILES string of the molecule is COc1ccc(C(=O)Nc2ccc(Cl)cc2)c2c1sc1ccccc12. The average molecular weight is 368 g/mol. The van der Waals surface area contributed by atoms with Gasteiger partial charge < -0.3 is 10.1 Å². The Morgan fingerprint density at radius 1 is 1.04 bits per heavy atom. The third kappa shape index (κ3) is 2.84. The van der Waals surface area contributed by atoms with Crippen molar-refractivity contribution in [3.05, 3.63) is 71.2 Å². The summed E-state index contributed by atoms with van der Waals surface area (Å²) in [6, 6.07) is 18.8. The Balaban J connectivity index is 1.86. The molecule has 0 unspecified atom stereocenters. The van der Waals surface area contributed by atoms with Crippen LogP contribution >= 0.6 is 22.9 Å². The van der Waals surface area contributed by atoms with Crippen molar-refractivity contribution in [1.82, 2.24) is 0 Å². The normalized spacial score (nSPS) is 11.0. The molecule has 0 atom stereocenters. The second-order valence-electron chi connectivity index (χ2n) is 5.58. The van der Waals surface area contributed by atoms with E-state index in [0.717, 1.165) is 25.9 Å². The summed E-state index contributed by atoms with van der Waals surface area (Å²) in [7, 11) is 1.65. The monoisotopic (exact) mass is 367 g/mol. The maximum atomic E-state index is 12.9. The third-order valence-corrected chi connectivity index (χ3v) is 5.49. The predicted octanol–water partition coefficient (Wildman–Crippen LogP) is 5.97. The summed E-state index contributed by atoms with van der Waals surface area (Å²) in [5.74, 6) is 0.623. The molecule has 1 aromatic heterocycles. The van der Waals surface area contributed by atoms with Crippen molar-refractivity contribution < 1.29 is 9.53 Å². The summed E-state index contributed by atoms with van der Waals surface area (Å²) >= 11 is 7.53. The lowest BCUT2D eigenvalue weighted by Gasteiger charge is -2.09. The van der Waals surface area contributed by atoms with Crippen LogP contribution in [-0.4, -0.2) is 13.0 Å². The lowest BCUT2D eigenvalue weighted by atomic mass is 10.0. The summed E-state index contributed by atoms with van der Waals surface area (Å²) in [5, 5.41) is 5.55. The maximum Gasteiger partial charge on any atom is 0.256 e. The largest absolute Gasteiger partial charge is 0.495 e. The van der Waals surface area contributed by atoms with E-state index in [1.165, 1.54) is 0 Å². The van der Waals surface area contributed by atoms with Crippen LogP contribution in [-0.2, 0) is 0 Å². The molecule has 4 rings (SSSR count). The first kappa shape index (κ1) is 15.9. The van der Waals surface area contributed by atoms with Gasteiger partial charge in [0.05, 0.1) is 11.8 Å². The molecule has 1 amide bonds. The van der Waals surface area contributed by atoms with Gasteiger partial charge in [-0.1, -0.05) is 29.8 Å². The van der Waals surface area contributed by atoms with E-state index in [1.54, 1.807) is 42.7 Å². The summed E-state index contributed by atoms with van der Waals surface area (Å²) in [5.41, 5.74) is 1.33. The number of carbonyl (C=O) groups excluding carboxylic acids is 1. The zero-order valence-electron chi connectivity index (χ0n) is 13.4. The number of halogens is 1. The number of nitrogens with one attached hydrogen (secondary N) is 1. The lowest BCUT2D eigenvalue weighted by Crippen LogP contribution is -2.12. The highest BCUT2D eigenvalue weighted by atomic mass is 35.5. The molecule has 0 aliphatic rings. The molecular weight excluding hydrogens is 354 g/mol. The number of benzene rings is 3. The molecule has 0 bridgehead atoms. The van der Waals surface area contributed by atoms with Crippen molar-refractivity contribution in [3.63, 3.8) is 0 Å². The van der Waals surface area contributed by atoms with E-state index in [-0.39, 0.29) is 5.91 Å². The number of ether oxygens (including phenoxy) is 1. The van der Waals surface area contributed by atoms with Gasteiger partial charge >= 0.3 is 0 Å². The van der Waals surface area contributed by atoms with Crippen LogP contribution in [0.5, 0.6) is 5.75 Å². The Morgan fingerprint density at radius 3 is 2.56 bits per heavy atom. The first-order valence-corrected chi connectivity index (χ1v) is 8.92. The standard InChI is InChI=1S/C20H14ClNO2S/c1-24-16-11-10-15(20(23)22-13-8-6-12(21)7-9-13)18-14-4-2-3-5-17(14)25-19(16)18/h2-11H,1H3,(H,22,23). The van der Waals surface area contributed by atoms with Gasteiger partial charge in [0.25, 0.3) is 5.91 Å². The average Bonchev–Trinajstić information content (AvgIpc) is 3.02. The van der Waals surface area contributed by atoms with Crippen LogP contribution in [0.15, 0.2) is 60.7 Å². The molecule has 25 heavy (non-hydrogen) atoms. The molecule has 5 heteroatoms. The highest BCUT2D eigenvalue weighted by Crippen LogP contribution is 2.41. The van der Waals surface area contributed by atoms with Crippen LogP contribution in [0, 0.1) is 0 Å². The number of hydrogen-bond acceptors (Lipinski definition) is 3. The predicted molar refractivity (Wildman–Crippen MR) is 105 cm³/mol. The van der Waals surface area contributed by atoms with Crippen LogP contribution in [0.25, 0.3) is 20.2 Å². The quantitative estimate of drug-likeness (QED) is 0.484. The van der Waals surface area contributed by atoms with Gasteiger partial charge in [-0.15, -0.1) is 11.3 Å². The Hall–Kier alpha value is -2.56. The Bertz CT molecular complexity index is 1090. The van der Waals surface area contributed by atoms with Crippen molar-refractivity contribution in [2.75, 3.05) is 12.4 Å². The fourth-order valence-corrected chi connectivity index (χ4v) is 4.23. The van der Waals surface area contributed by atoms with E-state index in [4.69, 9.17) is 16.3 Å². The Labute approximate surface area is 153 Å². The van der Waals surface area contributed by atoms with E-state index in [1.807, 2.05) is 30.3 Å². The van der Waals surface area contributed by atoms with Crippen molar-refractivity contribution in [2.45, 2.75) is 0 Å². The number of hydrogen-bond donors (Lipinski definition) is 1. The van der Waals surface area contributed by atoms with E-state index in [0.29, 0.717) is 16.3 Å². The van der Waals surface area contributed by atoms with E-state index >= 15 is 0 Å². The fourth-order valence-electron chi connectivity index (χ4n) is 2.89. The fraction of sp³-hybridized carbons (Fsp3) is 0.0500. The van der Waals surface area contributed by atoms with Crippen LogP contribution in [0.1, 0.15) is 10.4 Å². The molecule has 1 N–H and O–H groups in total. The zero-order valence-corrected chi connectivity index (χ0v) is 14.9. The van der Waals surface area contributed by atoms with Gasteiger partial charge in [0.1, 0.15) is 5.75 Å². The lowest BCUT2D eigenvalue weighted by molar-refractivity contribution is 0.102. The molecule has 0 aliphatic carbocycles. The van der Waals surface area contributed by atoms with E-state index < -0.39 is 0 Å². The summed E-state index contributed by atoms with van der Waals surface area (Å²) in [4.78, 5) is 12.9. The summed E-state index contributed by atoms with van der Waals surface area (Å²) < 4.78 is 7.59. The van der Waals surface area contributed by atoms with Gasteiger partial charge in [0.2, 0.25) is 0 Å².